The third-order valence-corrected chi connectivity index (χ3v) is 4.63. The van der Waals surface area contributed by atoms with E-state index >= 15 is 0 Å². The van der Waals surface area contributed by atoms with Gasteiger partial charge in [0.2, 0.25) is 19.0 Å². The number of piperidine rings is 1. The van der Waals surface area contributed by atoms with Gasteiger partial charge >= 0.3 is 20.2 Å². The zero-order valence-corrected chi connectivity index (χ0v) is 18.1. The van der Waals surface area contributed by atoms with Gasteiger partial charge in [-0.15, -0.1) is 0 Å². The van der Waals surface area contributed by atoms with Gasteiger partial charge in [-0.3, -0.25) is 33.2 Å². The van der Waals surface area contributed by atoms with Crippen molar-refractivity contribution in [1.82, 2.24) is 5.06 Å². The Morgan fingerprint density at radius 2 is 1.75 bits per heavy atom. The highest BCUT2D eigenvalue weighted by atomic mass is 31.1. The van der Waals surface area contributed by atoms with Crippen LogP contribution >= 0.6 is 8.25 Å². The lowest BCUT2D eigenvalue weighted by molar-refractivity contribution is -0.196. The molecule has 11 heteroatoms. The monoisotopic (exact) mass is 423 g/mol. The summed E-state index contributed by atoms with van der Waals surface area (Å²) in [7, 11) is -3.19. The van der Waals surface area contributed by atoms with E-state index in [0.717, 1.165) is 0 Å². The van der Waals surface area contributed by atoms with E-state index in [4.69, 9.17) is 18.5 Å². The number of nitrogens with zero attached hydrogens (tertiary/aromatic N) is 1. The van der Waals surface area contributed by atoms with Crippen LogP contribution in [0.2, 0.25) is 0 Å². The van der Waals surface area contributed by atoms with Crippen molar-refractivity contribution in [3.63, 3.8) is 0 Å². The predicted octanol–water partition coefficient (Wildman–Crippen LogP) is 2.50. The third-order valence-electron chi connectivity index (χ3n) is 3.85. The van der Waals surface area contributed by atoms with Crippen molar-refractivity contribution < 1.29 is 42.7 Å². The highest BCUT2D eigenvalue weighted by molar-refractivity contribution is 7.33. The molecule has 1 rings (SSSR count). The van der Waals surface area contributed by atoms with Crippen molar-refractivity contribution in [3.8, 4) is 0 Å². The second-order valence-corrected chi connectivity index (χ2v) is 9.63. The van der Waals surface area contributed by atoms with E-state index in [1.807, 2.05) is 0 Å². The molecule has 3 unspecified atom stereocenters. The molecule has 0 aromatic heterocycles. The molecule has 0 saturated carbocycles. The molecule has 0 aromatic carbocycles. The molecule has 1 saturated heterocycles. The molecule has 1 heterocycles. The van der Waals surface area contributed by atoms with E-state index in [1.165, 1.54) is 0 Å². The van der Waals surface area contributed by atoms with Crippen molar-refractivity contribution in [3.05, 3.63) is 0 Å². The molecule has 1 amide bonds. The van der Waals surface area contributed by atoms with Crippen LogP contribution in [0.5, 0.6) is 0 Å². The largest absolute Gasteiger partial charge is 0.438 e. The molecule has 10 nitrogen and oxygen atoms in total. The molecule has 162 valence electrons. The fraction of sp³-hybridized carbons (Fsp3) is 0.824. The molecule has 0 spiro atoms. The first kappa shape index (κ1) is 24.6. The fourth-order valence-corrected chi connectivity index (χ4v) is 2.71. The Hall–Kier alpha value is -1.48. The molecule has 1 aliphatic rings. The van der Waals surface area contributed by atoms with Crippen LogP contribution in [-0.4, -0.2) is 47.7 Å². The smallest absolute Gasteiger partial charge is 0.325 e. The summed E-state index contributed by atoms with van der Waals surface area (Å²) in [6.45, 7) is 9.33. The predicted molar refractivity (Wildman–Crippen MR) is 97.1 cm³/mol. The van der Waals surface area contributed by atoms with Gasteiger partial charge in [-0.25, -0.2) is 5.06 Å². The molecule has 1 N–H and O–H groups in total. The van der Waals surface area contributed by atoms with Crippen LogP contribution in [0.25, 0.3) is 0 Å². The average molecular weight is 423 g/mol. The summed E-state index contributed by atoms with van der Waals surface area (Å²) in [5.74, 6) is -2.31. The minimum Gasteiger partial charge on any atom is -0.438 e. The van der Waals surface area contributed by atoms with Crippen LogP contribution in [0.3, 0.4) is 0 Å². The summed E-state index contributed by atoms with van der Waals surface area (Å²) in [5.41, 5.74) is -1.59. The van der Waals surface area contributed by atoms with Gasteiger partial charge in [0, 0.05) is 18.9 Å². The minimum atomic E-state index is -3.19. The quantitative estimate of drug-likeness (QED) is 0.284. The topological polar surface area (TPSA) is 129 Å². The SMILES string of the molecule is CC(C)(C)C(=O)OCO[PH](=O)OC(OC(=O)C(C)(C)C)C1CCN(O)C(=O)C1. The summed E-state index contributed by atoms with van der Waals surface area (Å²) in [6, 6.07) is 0. The van der Waals surface area contributed by atoms with Crippen molar-refractivity contribution >= 4 is 26.1 Å². The van der Waals surface area contributed by atoms with Crippen LogP contribution in [0.15, 0.2) is 0 Å². The van der Waals surface area contributed by atoms with Crippen molar-refractivity contribution in [2.24, 2.45) is 16.7 Å². The Kier molecular flexibility index (Phi) is 8.62. The van der Waals surface area contributed by atoms with Gasteiger partial charge in [0.1, 0.15) is 0 Å². The Labute approximate surface area is 165 Å². The summed E-state index contributed by atoms with van der Waals surface area (Å²) < 4.78 is 32.4. The number of carbonyl (C=O) groups excluding carboxylic acids is 3. The van der Waals surface area contributed by atoms with Crippen LogP contribution in [0.1, 0.15) is 54.4 Å². The maximum atomic E-state index is 12.2. The van der Waals surface area contributed by atoms with Gasteiger partial charge in [0.15, 0.2) is 0 Å². The molecule has 0 bridgehead atoms. The number of rotatable bonds is 7. The van der Waals surface area contributed by atoms with Gasteiger partial charge in [-0.2, -0.15) is 0 Å². The van der Waals surface area contributed by atoms with Gasteiger partial charge in [0.05, 0.1) is 10.8 Å². The maximum absolute atomic E-state index is 12.2. The number of ether oxygens (including phenoxy) is 2. The fourth-order valence-electron chi connectivity index (χ4n) is 2.05. The lowest BCUT2D eigenvalue weighted by atomic mass is 9.95. The van der Waals surface area contributed by atoms with Crippen LogP contribution in [0.4, 0.5) is 0 Å². The zero-order chi connectivity index (χ0) is 21.7. The number of hydroxylamine groups is 2. The summed E-state index contributed by atoms with van der Waals surface area (Å²) in [4.78, 5) is 35.6. The molecule has 0 aromatic rings. The lowest BCUT2D eigenvalue weighted by Gasteiger charge is -2.33. The van der Waals surface area contributed by atoms with Gasteiger partial charge < -0.3 is 9.47 Å². The zero-order valence-electron chi connectivity index (χ0n) is 17.1. The lowest BCUT2D eigenvalue weighted by Crippen LogP contribution is -2.42. The first-order chi connectivity index (χ1) is 12.7. The molecular formula is C17H30NO9P. The third kappa shape index (κ3) is 7.87. The number of hydrogen-bond donors (Lipinski definition) is 1. The number of carbonyl (C=O) groups is 3. The molecular weight excluding hydrogens is 393 g/mol. The molecule has 0 radical (unpaired) electrons. The van der Waals surface area contributed by atoms with Crippen LogP contribution in [-0.2, 0) is 37.5 Å². The van der Waals surface area contributed by atoms with E-state index in [0.29, 0.717) is 5.06 Å². The van der Waals surface area contributed by atoms with E-state index < -0.39 is 55.9 Å². The average Bonchev–Trinajstić information content (AvgIpc) is 2.54. The Balaban J connectivity index is 2.71. The Morgan fingerprint density at radius 1 is 1.18 bits per heavy atom. The first-order valence-electron chi connectivity index (χ1n) is 8.92. The van der Waals surface area contributed by atoms with Crippen LogP contribution in [0, 0.1) is 16.7 Å². The van der Waals surface area contributed by atoms with E-state index in [2.05, 4.69) is 0 Å². The maximum Gasteiger partial charge on any atom is 0.325 e. The number of amides is 1. The van der Waals surface area contributed by atoms with E-state index in [1.54, 1.807) is 41.5 Å². The summed E-state index contributed by atoms with van der Waals surface area (Å²) in [5, 5.41) is 9.98. The molecule has 1 aliphatic heterocycles. The highest BCUT2D eigenvalue weighted by Crippen LogP contribution is 2.34. The first-order valence-corrected chi connectivity index (χ1v) is 10.1. The molecule has 1 fully saturated rings. The minimum absolute atomic E-state index is 0.0292. The summed E-state index contributed by atoms with van der Waals surface area (Å²) >= 11 is 0. The second-order valence-electron chi connectivity index (χ2n) is 8.61. The molecule has 0 aliphatic carbocycles. The van der Waals surface area contributed by atoms with Gasteiger partial charge in [0.25, 0.3) is 0 Å². The van der Waals surface area contributed by atoms with Crippen molar-refractivity contribution in [2.75, 3.05) is 13.3 Å². The highest BCUT2D eigenvalue weighted by Gasteiger charge is 2.37. The van der Waals surface area contributed by atoms with E-state index in [-0.39, 0.29) is 19.4 Å². The normalized spacial score (nSPS) is 20.5. The standard InChI is InChI=1S/C17H30NO9P/c1-16(2,3)14(20)24-10-25-28(23)27-13(26-15(21)17(4,5)6)11-7-8-18(22)12(19)9-11/h11,13,22,28H,7-10H2,1-6H3. The summed E-state index contributed by atoms with van der Waals surface area (Å²) in [6.07, 6.45) is -1.17. The number of esters is 2. The van der Waals surface area contributed by atoms with Crippen molar-refractivity contribution in [2.45, 2.75) is 60.7 Å². The number of hydrogen-bond acceptors (Lipinski definition) is 9. The Bertz CT molecular complexity index is 609. The molecule has 3 atom stereocenters. The van der Waals surface area contributed by atoms with Crippen molar-refractivity contribution in [1.29, 1.82) is 0 Å². The van der Waals surface area contributed by atoms with Gasteiger partial charge in [-0.1, -0.05) is 0 Å². The molecule has 28 heavy (non-hydrogen) atoms. The second kappa shape index (κ2) is 9.82. The van der Waals surface area contributed by atoms with Gasteiger partial charge in [-0.05, 0) is 48.0 Å². The van der Waals surface area contributed by atoms with E-state index in [9.17, 15) is 24.2 Å². The Morgan fingerprint density at radius 3 is 2.25 bits per heavy atom. The van der Waals surface area contributed by atoms with Crippen LogP contribution < -0.4 is 0 Å².